The van der Waals surface area contributed by atoms with Gasteiger partial charge in [-0.1, -0.05) is 18.2 Å². The lowest BCUT2D eigenvalue weighted by Crippen LogP contribution is -2.28. The molecule has 1 saturated heterocycles. The van der Waals surface area contributed by atoms with Crippen molar-refractivity contribution in [3.05, 3.63) is 36.6 Å². The Balaban J connectivity index is 2.48. The van der Waals surface area contributed by atoms with Crippen molar-refractivity contribution in [2.45, 2.75) is 25.8 Å². The highest BCUT2D eigenvalue weighted by molar-refractivity contribution is 5.13. The number of hydrogen-bond acceptors (Lipinski definition) is 2. The summed E-state index contributed by atoms with van der Waals surface area (Å²) in [5, 5.41) is 0. The van der Waals surface area contributed by atoms with E-state index in [2.05, 4.69) is 17.6 Å². The Kier molecular flexibility index (Phi) is 5.19. The largest absolute Gasteiger partial charge is 0.501 e. The maximum atomic E-state index is 5.06. The molecular weight excluding hydrogens is 186 g/mol. The van der Waals surface area contributed by atoms with Gasteiger partial charge in [-0.3, -0.25) is 4.90 Å². The van der Waals surface area contributed by atoms with Gasteiger partial charge in [0, 0.05) is 6.04 Å². The topological polar surface area (TPSA) is 12.5 Å². The van der Waals surface area contributed by atoms with Gasteiger partial charge in [0.1, 0.15) is 0 Å². The summed E-state index contributed by atoms with van der Waals surface area (Å²) in [5.74, 6) is 0.926. The molecule has 1 unspecified atom stereocenters. The highest BCUT2D eigenvalue weighted by Gasteiger charge is 2.16. The second kappa shape index (κ2) is 6.46. The summed E-state index contributed by atoms with van der Waals surface area (Å²) in [6.45, 7) is 8.20. The Bertz CT molecular complexity index is 249. The first-order valence-electron chi connectivity index (χ1n) is 5.53. The standard InChI is InChI=1S/C13H21NO/c1-4-13(14-10-5-6-11-14)9-7-8-12(2)15-3/h4,7-9,13H,1,5-6,10-11H2,2-3H3/b9-7-,12-8+. The van der Waals surface area contributed by atoms with Gasteiger partial charge in [-0.15, -0.1) is 6.58 Å². The molecule has 2 heteroatoms. The first-order valence-corrected chi connectivity index (χ1v) is 5.53. The van der Waals surface area contributed by atoms with Crippen LogP contribution in [0.4, 0.5) is 0 Å². The molecule has 0 saturated carbocycles. The predicted molar refractivity (Wildman–Crippen MR) is 64.7 cm³/mol. The Morgan fingerprint density at radius 3 is 2.60 bits per heavy atom. The molecular formula is C13H21NO. The lowest BCUT2D eigenvalue weighted by molar-refractivity contribution is 0.293. The summed E-state index contributed by atoms with van der Waals surface area (Å²) in [5.41, 5.74) is 0. The normalized spacial score (nSPS) is 20.8. The van der Waals surface area contributed by atoms with E-state index in [0.717, 1.165) is 5.76 Å². The molecule has 0 bridgehead atoms. The molecule has 0 amide bonds. The summed E-state index contributed by atoms with van der Waals surface area (Å²) in [6, 6.07) is 0.369. The molecule has 2 nitrogen and oxygen atoms in total. The summed E-state index contributed by atoms with van der Waals surface area (Å²) < 4.78 is 5.06. The monoisotopic (exact) mass is 207 g/mol. The van der Waals surface area contributed by atoms with Crippen LogP contribution in [-0.4, -0.2) is 31.1 Å². The van der Waals surface area contributed by atoms with E-state index < -0.39 is 0 Å². The van der Waals surface area contributed by atoms with Gasteiger partial charge >= 0.3 is 0 Å². The smallest absolute Gasteiger partial charge is 0.0924 e. The van der Waals surface area contributed by atoms with Crippen molar-refractivity contribution in [2.24, 2.45) is 0 Å². The third-order valence-corrected chi connectivity index (χ3v) is 2.76. The van der Waals surface area contributed by atoms with E-state index >= 15 is 0 Å². The third kappa shape index (κ3) is 3.92. The van der Waals surface area contributed by atoms with Crippen molar-refractivity contribution < 1.29 is 4.74 Å². The minimum Gasteiger partial charge on any atom is -0.501 e. The minimum atomic E-state index is 0.369. The van der Waals surface area contributed by atoms with Crippen LogP contribution >= 0.6 is 0 Å². The van der Waals surface area contributed by atoms with E-state index in [0.29, 0.717) is 6.04 Å². The number of nitrogens with zero attached hydrogens (tertiary/aromatic N) is 1. The van der Waals surface area contributed by atoms with E-state index in [1.807, 2.05) is 25.2 Å². The zero-order valence-corrected chi connectivity index (χ0v) is 9.78. The fourth-order valence-corrected chi connectivity index (χ4v) is 1.76. The van der Waals surface area contributed by atoms with Crippen LogP contribution in [0.3, 0.4) is 0 Å². The molecule has 0 aromatic carbocycles. The van der Waals surface area contributed by atoms with Crippen LogP contribution in [0.15, 0.2) is 36.6 Å². The Morgan fingerprint density at radius 1 is 1.40 bits per heavy atom. The van der Waals surface area contributed by atoms with Crippen LogP contribution in [0, 0.1) is 0 Å². The first-order chi connectivity index (χ1) is 7.27. The van der Waals surface area contributed by atoms with Crippen molar-refractivity contribution >= 4 is 0 Å². The lowest BCUT2D eigenvalue weighted by Gasteiger charge is -2.20. The van der Waals surface area contributed by atoms with Crippen LogP contribution in [0.5, 0.6) is 0 Å². The summed E-state index contributed by atoms with van der Waals surface area (Å²) in [4.78, 5) is 2.44. The van der Waals surface area contributed by atoms with Gasteiger partial charge in [0.15, 0.2) is 0 Å². The maximum Gasteiger partial charge on any atom is 0.0924 e. The third-order valence-electron chi connectivity index (χ3n) is 2.76. The van der Waals surface area contributed by atoms with E-state index in [1.54, 1.807) is 7.11 Å². The van der Waals surface area contributed by atoms with E-state index in [1.165, 1.54) is 25.9 Å². The zero-order valence-electron chi connectivity index (χ0n) is 9.78. The molecule has 0 N–H and O–H groups in total. The summed E-state index contributed by atoms with van der Waals surface area (Å²) in [7, 11) is 1.69. The molecule has 0 spiro atoms. The van der Waals surface area contributed by atoms with Crippen LogP contribution in [0.2, 0.25) is 0 Å². The molecule has 1 heterocycles. The average Bonchev–Trinajstić information content (AvgIpc) is 2.77. The molecule has 1 rings (SSSR count). The summed E-state index contributed by atoms with van der Waals surface area (Å²) in [6.07, 6.45) is 10.8. The molecule has 1 aliphatic rings. The maximum absolute atomic E-state index is 5.06. The Labute approximate surface area is 92.9 Å². The molecule has 1 aliphatic heterocycles. The quantitative estimate of drug-likeness (QED) is 0.390. The Morgan fingerprint density at radius 2 is 2.07 bits per heavy atom. The predicted octanol–water partition coefficient (Wildman–Crippen LogP) is 2.74. The van der Waals surface area contributed by atoms with Crippen LogP contribution in [0.1, 0.15) is 19.8 Å². The molecule has 0 radical (unpaired) electrons. The molecule has 1 atom stereocenters. The average molecular weight is 207 g/mol. The van der Waals surface area contributed by atoms with Gasteiger partial charge in [0.2, 0.25) is 0 Å². The minimum absolute atomic E-state index is 0.369. The van der Waals surface area contributed by atoms with Gasteiger partial charge in [0.05, 0.1) is 12.9 Å². The summed E-state index contributed by atoms with van der Waals surface area (Å²) >= 11 is 0. The number of likely N-dealkylation sites (tertiary alicyclic amines) is 1. The SMILES string of the molecule is C=CC(/C=C\C=C(/C)OC)N1CCCC1. The molecule has 15 heavy (non-hydrogen) atoms. The van der Waals surface area contributed by atoms with Crippen molar-refractivity contribution in [3.8, 4) is 0 Å². The van der Waals surface area contributed by atoms with Crippen molar-refractivity contribution in [3.63, 3.8) is 0 Å². The van der Waals surface area contributed by atoms with E-state index in [-0.39, 0.29) is 0 Å². The second-order valence-corrected chi connectivity index (χ2v) is 3.84. The van der Waals surface area contributed by atoms with Crippen LogP contribution < -0.4 is 0 Å². The molecule has 1 fully saturated rings. The first kappa shape index (κ1) is 12.1. The fraction of sp³-hybridized carbons (Fsp3) is 0.538. The van der Waals surface area contributed by atoms with Gasteiger partial charge in [-0.25, -0.2) is 0 Å². The van der Waals surface area contributed by atoms with Gasteiger partial charge in [-0.2, -0.15) is 0 Å². The number of hydrogen-bond donors (Lipinski definition) is 0. The highest BCUT2D eigenvalue weighted by Crippen LogP contribution is 2.13. The van der Waals surface area contributed by atoms with E-state index in [4.69, 9.17) is 4.74 Å². The van der Waals surface area contributed by atoms with Crippen LogP contribution in [-0.2, 0) is 4.74 Å². The zero-order chi connectivity index (χ0) is 11.1. The van der Waals surface area contributed by atoms with Crippen molar-refractivity contribution in [1.82, 2.24) is 4.90 Å². The van der Waals surface area contributed by atoms with Gasteiger partial charge in [0.25, 0.3) is 0 Å². The van der Waals surface area contributed by atoms with Crippen molar-refractivity contribution in [1.29, 1.82) is 0 Å². The van der Waals surface area contributed by atoms with Crippen molar-refractivity contribution in [2.75, 3.05) is 20.2 Å². The lowest BCUT2D eigenvalue weighted by atomic mass is 10.2. The molecule has 84 valence electrons. The van der Waals surface area contributed by atoms with Crippen LogP contribution in [0.25, 0.3) is 0 Å². The number of ether oxygens (including phenoxy) is 1. The Hall–Kier alpha value is -1.02. The fourth-order valence-electron chi connectivity index (χ4n) is 1.76. The number of methoxy groups -OCH3 is 1. The number of allylic oxidation sites excluding steroid dienone is 3. The molecule has 0 aliphatic carbocycles. The van der Waals surface area contributed by atoms with E-state index in [9.17, 15) is 0 Å². The van der Waals surface area contributed by atoms with Gasteiger partial charge < -0.3 is 4.74 Å². The highest BCUT2D eigenvalue weighted by atomic mass is 16.5. The second-order valence-electron chi connectivity index (χ2n) is 3.84. The van der Waals surface area contributed by atoms with Gasteiger partial charge in [-0.05, 0) is 38.9 Å². The molecule has 0 aromatic heterocycles. The molecule has 0 aromatic rings. The number of rotatable bonds is 5.